The van der Waals surface area contributed by atoms with Crippen LogP contribution >= 0.6 is 22.9 Å². The molecule has 1 fully saturated rings. The molecule has 1 saturated carbocycles. The van der Waals surface area contributed by atoms with Gasteiger partial charge in [-0.3, -0.25) is 14.2 Å². The molecule has 2 heterocycles. The summed E-state index contributed by atoms with van der Waals surface area (Å²) in [5.41, 5.74) is 12.3. The Labute approximate surface area is 179 Å². The maximum Gasteiger partial charge on any atom is 0.258 e. The first kappa shape index (κ1) is 22.9. The SMILES string of the molecule is C1CCCC1.NC(=O)c1ccc(Cl)s1.NCc1ccc(-n2ccccc2=O)cc1. The number of nitrogens with two attached hydrogens (primary N) is 2. The first-order chi connectivity index (χ1) is 14.0. The van der Waals surface area contributed by atoms with Crippen LogP contribution in [0.5, 0.6) is 0 Å². The molecule has 0 atom stereocenters. The fourth-order valence-electron chi connectivity index (χ4n) is 2.76. The Kier molecular flexibility index (Phi) is 9.64. The second-order valence-electron chi connectivity index (χ2n) is 6.52. The number of carbonyl (C=O) groups excluding carboxylic acids is 1. The highest BCUT2D eigenvalue weighted by molar-refractivity contribution is 7.17. The van der Waals surface area contributed by atoms with E-state index < -0.39 is 5.91 Å². The van der Waals surface area contributed by atoms with Crippen molar-refractivity contribution in [2.75, 3.05) is 0 Å². The van der Waals surface area contributed by atoms with Gasteiger partial charge in [0.25, 0.3) is 11.5 Å². The molecular weight excluding hydrogens is 406 g/mol. The second kappa shape index (κ2) is 12.2. The Morgan fingerprint density at radius 1 is 0.966 bits per heavy atom. The van der Waals surface area contributed by atoms with Crippen LogP contribution < -0.4 is 17.0 Å². The van der Waals surface area contributed by atoms with Gasteiger partial charge in [-0.05, 0) is 35.9 Å². The van der Waals surface area contributed by atoms with Gasteiger partial charge < -0.3 is 11.5 Å². The monoisotopic (exact) mass is 431 g/mol. The molecule has 0 unspecified atom stereocenters. The smallest absolute Gasteiger partial charge is 0.258 e. The van der Waals surface area contributed by atoms with E-state index >= 15 is 0 Å². The zero-order valence-corrected chi connectivity index (χ0v) is 17.8. The van der Waals surface area contributed by atoms with Crippen molar-refractivity contribution in [3.63, 3.8) is 0 Å². The van der Waals surface area contributed by atoms with Crippen LogP contribution in [0.1, 0.15) is 47.3 Å². The summed E-state index contributed by atoms with van der Waals surface area (Å²) in [6.07, 6.45) is 9.25. The van der Waals surface area contributed by atoms with Gasteiger partial charge >= 0.3 is 0 Å². The lowest BCUT2D eigenvalue weighted by Gasteiger charge is -2.05. The van der Waals surface area contributed by atoms with E-state index in [4.69, 9.17) is 23.1 Å². The third-order valence-electron chi connectivity index (χ3n) is 4.34. The number of primary amides is 1. The van der Waals surface area contributed by atoms with Gasteiger partial charge in [0.2, 0.25) is 0 Å². The molecule has 0 saturated heterocycles. The maximum atomic E-state index is 11.5. The van der Waals surface area contributed by atoms with Crippen molar-refractivity contribution in [1.29, 1.82) is 0 Å². The minimum atomic E-state index is -0.424. The zero-order chi connectivity index (χ0) is 21.1. The Morgan fingerprint density at radius 2 is 1.59 bits per heavy atom. The van der Waals surface area contributed by atoms with Crippen LogP contribution in [-0.4, -0.2) is 10.5 Å². The van der Waals surface area contributed by atoms with Crippen LogP contribution in [0.15, 0.2) is 65.6 Å². The van der Waals surface area contributed by atoms with Crippen molar-refractivity contribution in [3.8, 4) is 5.69 Å². The van der Waals surface area contributed by atoms with E-state index in [-0.39, 0.29) is 5.56 Å². The molecule has 7 heteroatoms. The number of rotatable bonds is 3. The molecule has 1 aliphatic rings. The van der Waals surface area contributed by atoms with Crippen LogP contribution in [0.4, 0.5) is 0 Å². The first-order valence-corrected chi connectivity index (χ1v) is 10.7. The zero-order valence-electron chi connectivity index (χ0n) is 16.2. The molecule has 0 radical (unpaired) electrons. The lowest BCUT2D eigenvalue weighted by Crippen LogP contribution is -2.15. The molecule has 3 aromatic rings. The fourth-order valence-corrected chi connectivity index (χ4v) is 3.66. The molecule has 0 bridgehead atoms. The van der Waals surface area contributed by atoms with Gasteiger partial charge in [-0.1, -0.05) is 61.9 Å². The fraction of sp³-hybridized carbons (Fsp3) is 0.273. The molecule has 29 heavy (non-hydrogen) atoms. The molecule has 2 aromatic heterocycles. The minimum absolute atomic E-state index is 0.0296. The number of hydrogen-bond donors (Lipinski definition) is 2. The van der Waals surface area contributed by atoms with E-state index in [1.165, 1.54) is 49.5 Å². The summed E-state index contributed by atoms with van der Waals surface area (Å²) in [5, 5.41) is 0. The number of hydrogen-bond acceptors (Lipinski definition) is 4. The first-order valence-electron chi connectivity index (χ1n) is 9.53. The third-order valence-corrected chi connectivity index (χ3v) is 5.58. The number of amides is 1. The Morgan fingerprint density at radius 3 is 2.00 bits per heavy atom. The predicted octanol–water partition coefficient (Wildman–Crippen LogP) is 4.75. The molecule has 1 aromatic carbocycles. The second-order valence-corrected chi connectivity index (χ2v) is 8.23. The number of aromatic nitrogens is 1. The minimum Gasteiger partial charge on any atom is -0.365 e. The van der Waals surface area contributed by atoms with Gasteiger partial charge in [-0.2, -0.15) is 0 Å². The van der Waals surface area contributed by atoms with Crippen molar-refractivity contribution in [1.82, 2.24) is 4.57 Å². The highest BCUT2D eigenvalue weighted by Gasteiger charge is 2.01. The van der Waals surface area contributed by atoms with Gasteiger partial charge in [-0.15, -0.1) is 11.3 Å². The standard InChI is InChI=1S/C12H12N2O.C5H4ClNOS.C5H10/c13-9-10-4-6-11(7-5-10)14-8-2-1-3-12(14)15;6-4-2-1-3(9-4)5(7)8;1-2-4-5-3-1/h1-8H,9,13H2;1-2H,(H2,7,8);1-5H2. The van der Waals surface area contributed by atoms with Crippen LogP contribution in [-0.2, 0) is 6.54 Å². The van der Waals surface area contributed by atoms with Crippen LogP contribution in [0.25, 0.3) is 5.69 Å². The summed E-state index contributed by atoms with van der Waals surface area (Å²) in [4.78, 5) is 22.4. The van der Waals surface area contributed by atoms with Crippen molar-refractivity contribution < 1.29 is 4.79 Å². The van der Waals surface area contributed by atoms with E-state index in [9.17, 15) is 9.59 Å². The molecular formula is C22H26ClN3O2S. The van der Waals surface area contributed by atoms with Crippen molar-refractivity contribution in [2.45, 2.75) is 38.6 Å². The molecule has 5 nitrogen and oxygen atoms in total. The molecule has 1 aliphatic carbocycles. The maximum absolute atomic E-state index is 11.5. The van der Waals surface area contributed by atoms with Crippen LogP contribution in [0, 0.1) is 0 Å². The average Bonchev–Trinajstić information content (AvgIpc) is 3.44. The van der Waals surface area contributed by atoms with E-state index in [2.05, 4.69) is 0 Å². The lowest BCUT2D eigenvalue weighted by molar-refractivity contribution is 0.100. The van der Waals surface area contributed by atoms with E-state index in [1.54, 1.807) is 29.0 Å². The average molecular weight is 432 g/mol. The number of benzene rings is 1. The van der Waals surface area contributed by atoms with E-state index in [0.29, 0.717) is 15.8 Å². The summed E-state index contributed by atoms with van der Waals surface area (Å²) in [7, 11) is 0. The Hall–Kier alpha value is -2.41. The molecule has 1 amide bonds. The van der Waals surface area contributed by atoms with Crippen LogP contribution in [0.3, 0.4) is 0 Å². The topological polar surface area (TPSA) is 91.1 Å². The Bertz CT molecular complexity index is 939. The Balaban J connectivity index is 0.000000180. The predicted molar refractivity (Wildman–Crippen MR) is 121 cm³/mol. The number of halogens is 1. The highest BCUT2D eigenvalue weighted by Crippen LogP contribution is 2.20. The number of carbonyl (C=O) groups is 1. The van der Waals surface area contributed by atoms with Gasteiger partial charge in [-0.25, -0.2) is 0 Å². The van der Waals surface area contributed by atoms with Gasteiger partial charge in [0.05, 0.1) is 9.21 Å². The van der Waals surface area contributed by atoms with Crippen molar-refractivity contribution >= 4 is 28.8 Å². The summed E-state index contributed by atoms with van der Waals surface area (Å²) in [5.74, 6) is -0.424. The highest BCUT2D eigenvalue weighted by atomic mass is 35.5. The van der Waals surface area contributed by atoms with Gasteiger partial charge in [0.1, 0.15) is 0 Å². The summed E-state index contributed by atoms with van der Waals surface area (Å²) < 4.78 is 2.18. The number of nitrogens with zero attached hydrogens (tertiary/aromatic N) is 1. The van der Waals surface area contributed by atoms with E-state index in [1.807, 2.05) is 30.3 Å². The third kappa shape index (κ3) is 7.85. The van der Waals surface area contributed by atoms with Crippen molar-refractivity contribution in [3.05, 3.63) is 85.9 Å². The summed E-state index contributed by atoms with van der Waals surface area (Å²) >= 11 is 6.70. The quantitative estimate of drug-likeness (QED) is 0.626. The van der Waals surface area contributed by atoms with Gasteiger partial charge in [0, 0.05) is 24.5 Å². The summed E-state index contributed by atoms with van der Waals surface area (Å²) in [6, 6.07) is 16.0. The largest absolute Gasteiger partial charge is 0.365 e. The molecule has 4 N–H and O–H groups in total. The van der Waals surface area contributed by atoms with E-state index in [0.717, 1.165) is 11.3 Å². The number of thiophene rings is 1. The number of pyridine rings is 1. The van der Waals surface area contributed by atoms with Crippen LogP contribution in [0.2, 0.25) is 4.34 Å². The van der Waals surface area contributed by atoms with Crippen molar-refractivity contribution in [2.24, 2.45) is 11.5 Å². The van der Waals surface area contributed by atoms with Gasteiger partial charge in [0.15, 0.2) is 0 Å². The molecule has 4 rings (SSSR count). The molecule has 154 valence electrons. The summed E-state index contributed by atoms with van der Waals surface area (Å²) in [6.45, 7) is 0.518. The lowest BCUT2D eigenvalue weighted by atomic mass is 10.2. The normalized spacial score (nSPS) is 12.3. The molecule has 0 aliphatic heterocycles. The molecule has 0 spiro atoms.